The highest BCUT2D eigenvalue weighted by Gasteiger charge is 2.05. The molecule has 1 aromatic carbocycles. The zero-order valence-corrected chi connectivity index (χ0v) is 9.01. The van der Waals surface area contributed by atoms with Gasteiger partial charge < -0.3 is 14.6 Å². The van der Waals surface area contributed by atoms with E-state index in [9.17, 15) is 5.11 Å². The van der Waals surface area contributed by atoms with Gasteiger partial charge in [-0.05, 0) is 19.1 Å². The highest BCUT2D eigenvalue weighted by molar-refractivity contribution is 5.29. The van der Waals surface area contributed by atoms with Gasteiger partial charge in [0.1, 0.15) is 12.4 Å². The van der Waals surface area contributed by atoms with Crippen LogP contribution in [0.15, 0.2) is 36.4 Å². The molecule has 0 heterocycles. The summed E-state index contributed by atoms with van der Waals surface area (Å²) in [5, 5.41) is 9.43. The third-order valence-corrected chi connectivity index (χ3v) is 1.95. The molecule has 0 saturated heterocycles. The molecule has 0 aliphatic carbocycles. The van der Waals surface area contributed by atoms with E-state index < -0.39 is 6.29 Å². The SMILES string of the molecule is CC=CCOc1cccc(C(O)OC)c1. The molecule has 0 spiro atoms. The lowest BCUT2D eigenvalue weighted by molar-refractivity contribution is -0.0770. The number of allylic oxidation sites excluding steroid dienone is 1. The van der Waals surface area contributed by atoms with Crippen molar-refractivity contribution < 1.29 is 14.6 Å². The lowest BCUT2D eigenvalue weighted by Gasteiger charge is -2.10. The molecular weight excluding hydrogens is 192 g/mol. The molecular formula is C12H16O3. The Kier molecular flexibility index (Phi) is 4.87. The first-order valence-electron chi connectivity index (χ1n) is 4.82. The molecule has 1 rings (SSSR count). The second kappa shape index (κ2) is 6.22. The average Bonchev–Trinajstić information content (AvgIpc) is 2.29. The molecule has 0 saturated carbocycles. The lowest BCUT2D eigenvalue weighted by atomic mass is 10.2. The van der Waals surface area contributed by atoms with Gasteiger partial charge in [-0.15, -0.1) is 0 Å². The van der Waals surface area contributed by atoms with Crippen LogP contribution in [0.3, 0.4) is 0 Å². The van der Waals surface area contributed by atoms with Crippen LogP contribution in [0.25, 0.3) is 0 Å². The molecule has 0 aliphatic heterocycles. The number of methoxy groups -OCH3 is 1. The van der Waals surface area contributed by atoms with E-state index in [1.54, 1.807) is 12.1 Å². The van der Waals surface area contributed by atoms with Crippen LogP contribution in [-0.4, -0.2) is 18.8 Å². The van der Waals surface area contributed by atoms with Crippen LogP contribution in [0.5, 0.6) is 5.75 Å². The van der Waals surface area contributed by atoms with Gasteiger partial charge in [-0.25, -0.2) is 0 Å². The van der Waals surface area contributed by atoms with Crippen LogP contribution >= 0.6 is 0 Å². The quantitative estimate of drug-likeness (QED) is 0.596. The normalized spacial score (nSPS) is 13.0. The fourth-order valence-corrected chi connectivity index (χ4v) is 1.13. The van der Waals surface area contributed by atoms with E-state index in [0.29, 0.717) is 12.2 Å². The van der Waals surface area contributed by atoms with Crippen molar-refractivity contribution in [2.24, 2.45) is 0 Å². The first-order chi connectivity index (χ1) is 7.27. The zero-order valence-electron chi connectivity index (χ0n) is 9.01. The first-order valence-corrected chi connectivity index (χ1v) is 4.82. The number of hydrogen-bond acceptors (Lipinski definition) is 3. The highest BCUT2D eigenvalue weighted by Crippen LogP contribution is 2.19. The predicted octanol–water partition coefficient (Wildman–Crippen LogP) is 2.28. The van der Waals surface area contributed by atoms with Crippen LogP contribution < -0.4 is 4.74 Å². The van der Waals surface area contributed by atoms with Gasteiger partial charge in [-0.3, -0.25) is 0 Å². The fourth-order valence-electron chi connectivity index (χ4n) is 1.13. The Morgan fingerprint density at radius 3 is 2.93 bits per heavy atom. The standard InChI is InChI=1S/C12H16O3/c1-3-4-8-15-11-7-5-6-10(9-11)12(13)14-2/h3-7,9,12-13H,8H2,1-2H3. The van der Waals surface area contributed by atoms with Crippen LogP contribution in [0, 0.1) is 0 Å². The van der Waals surface area contributed by atoms with Gasteiger partial charge in [0.15, 0.2) is 6.29 Å². The minimum Gasteiger partial charge on any atom is -0.490 e. The van der Waals surface area contributed by atoms with Crippen molar-refractivity contribution in [3.8, 4) is 5.75 Å². The summed E-state index contributed by atoms with van der Waals surface area (Å²) in [6.07, 6.45) is 2.95. The lowest BCUT2D eigenvalue weighted by Crippen LogP contribution is -2.00. The largest absolute Gasteiger partial charge is 0.490 e. The Hall–Kier alpha value is -1.32. The monoisotopic (exact) mass is 208 g/mol. The molecule has 0 aliphatic rings. The van der Waals surface area contributed by atoms with Gasteiger partial charge in [0.25, 0.3) is 0 Å². The maximum Gasteiger partial charge on any atom is 0.180 e. The topological polar surface area (TPSA) is 38.7 Å². The number of ether oxygens (including phenoxy) is 2. The Morgan fingerprint density at radius 1 is 1.47 bits per heavy atom. The molecule has 0 bridgehead atoms. The first kappa shape index (κ1) is 11.8. The summed E-state index contributed by atoms with van der Waals surface area (Å²) >= 11 is 0. The summed E-state index contributed by atoms with van der Waals surface area (Å²) in [7, 11) is 1.46. The van der Waals surface area contributed by atoms with Gasteiger partial charge in [0.05, 0.1) is 0 Å². The van der Waals surface area contributed by atoms with E-state index in [4.69, 9.17) is 9.47 Å². The minimum atomic E-state index is -0.893. The molecule has 1 N–H and O–H groups in total. The Labute approximate surface area is 90.0 Å². The summed E-state index contributed by atoms with van der Waals surface area (Å²) in [5.74, 6) is 0.724. The summed E-state index contributed by atoms with van der Waals surface area (Å²) < 4.78 is 10.2. The van der Waals surface area contributed by atoms with Crippen LogP contribution in [0.1, 0.15) is 18.8 Å². The van der Waals surface area contributed by atoms with Crippen molar-refractivity contribution in [3.05, 3.63) is 42.0 Å². The third kappa shape index (κ3) is 3.73. The highest BCUT2D eigenvalue weighted by atomic mass is 16.6. The number of aliphatic hydroxyl groups excluding tert-OH is 1. The van der Waals surface area contributed by atoms with E-state index in [1.165, 1.54) is 7.11 Å². The molecule has 3 heteroatoms. The molecule has 82 valence electrons. The Bertz CT molecular complexity index is 320. The van der Waals surface area contributed by atoms with Crippen molar-refractivity contribution >= 4 is 0 Å². The van der Waals surface area contributed by atoms with E-state index in [-0.39, 0.29) is 0 Å². The van der Waals surface area contributed by atoms with Crippen molar-refractivity contribution in [3.63, 3.8) is 0 Å². The average molecular weight is 208 g/mol. The van der Waals surface area contributed by atoms with E-state index >= 15 is 0 Å². The van der Waals surface area contributed by atoms with Crippen LogP contribution in [0.2, 0.25) is 0 Å². The fraction of sp³-hybridized carbons (Fsp3) is 0.333. The molecule has 1 unspecified atom stereocenters. The maximum atomic E-state index is 9.43. The number of hydrogen-bond donors (Lipinski definition) is 1. The summed E-state index contributed by atoms with van der Waals surface area (Å²) in [4.78, 5) is 0. The van der Waals surface area contributed by atoms with Gasteiger partial charge >= 0.3 is 0 Å². The maximum absolute atomic E-state index is 9.43. The second-order valence-corrected chi connectivity index (χ2v) is 3.04. The van der Waals surface area contributed by atoms with Crippen LogP contribution in [-0.2, 0) is 4.74 Å². The summed E-state index contributed by atoms with van der Waals surface area (Å²) in [5.41, 5.74) is 0.690. The molecule has 3 nitrogen and oxygen atoms in total. The van der Waals surface area contributed by atoms with Gasteiger partial charge in [-0.2, -0.15) is 0 Å². The Morgan fingerprint density at radius 2 is 2.27 bits per heavy atom. The molecule has 0 radical (unpaired) electrons. The molecule has 1 aromatic rings. The van der Waals surface area contributed by atoms with Crippen molar-refractivity contribution in [2.75, 3.05) is 13.7 Å². The van der Waals surface area contributed by atoms with Gasteiger partial charge in [0.2, 0.25) is 0 Å². The predicted molar refractivity (Wildman–Crippen MR) is 58.7 cm³/mol. The zero-order chi connectivity index (χ0) is 11.1. The molecule has 0 fully saturated rings. The van der Waals surface area contributed by atoms with E-state index in [2.05, 4.69) is 0 Å². The number of rotatable bonds is 5. The van der Waals surface area contributed by atoms with E-state index in [1.807, 2.05) is 31.2 Å². The van der Waals surface area contributed by atoms with Crippen molar-refractivity contribution in [2.45, 2.75) is 13.2 Å². The molecule has 0 aromatic heterocycles. The summed E-state index contributed by atoms with van der Waals surface area (Å²) in [6.45, 7) is 2.47. The third-order valence-electron chi connectivity index (χ3n) is 1.95. The number of aliphatic hydroxyl groups is 1. The Balaban J connectivity index is 2.65. The van der Waals surface area contributed by atoms with Gasteiger partial charge in [0, 0.05) is 12.7 Å². The van der Waals surface area contributed by atoms with Crippen molar-refractivity contribution in [1.82, 2.24) is 0 Å². The van der Waals surface area contributed by atoms with Gasteiger partial charge in [-0.1, -0.05) is 24.3 Å². The second-order valence-electron chi connectivity index (χ2n) is 3.04. The van der Waals surface area contributed by atoms with Crippen molar-refractivity contribution in [1.29, 1.82) is 0 Å². The smallest absolute Gasteiger partial charge is 0.180 e. The molecule has 15 heavy (non-hydrogen) atoms. The van der Waals surface area contributed by atoms with Crippen LogP contribution in [0.4, 0.5) is 0 Å². The molecule has 1 atom stereocenters. The minimum absolute atomic E-state index is 0.531. The molecule has 0 amide bonds. The van der Waals surface area contributed by atoms with E-state index in [0.717, 1.165) is 5.75 Å². The summed E-state index contributed by atoms with van der Waals surface area (Å²) in [6, 6.07) is 7.21. The number of benzene rings is 1.